The Labute approximate surface area is 265 Å². The highest BCUT2D eigenvalue weighted by atomic mass is 15.3. The smallest absolute Gasteiger partial charge is 0.232 e. The topological polar surface area (TPSA) is 204 Å². The predicted octanol–water partition coefficient (Wildman–Crippen LogP) is 5.42. The van der Waals surface area contributed by atoms with Gasteiger partial charge in [-0.3, -0.25) is 9.78 Å². The molecular formula is C30H40N16. The van der Waals surface area contributed by atoms with Crippen LogP contribution in [0.25, 0.3) is 22.3 Å². The molecule has 6 heterocycles. The summed E-state index contributed by atoms with van der Waals surface area (Å²) in [5.74, 6) is 4.72. The van der Waals surface area contributed by atoms with Gasteiger partial charge in [-0.2, -0.15) is 30.1 Å². The Bertz CT molecular complexity index is 1920. The van der Waals surface area contributed by atoms with E-state index in [-0.39, 0.29) is 0 Å². The first-order chi connectivity index (χ1) is 22.3. The molecule has 16 heteroatoms. The van der Waals surface area contributed by atoms with Gasteiger partial charge < -0.3 is 31.2 Å². The van der Waals surface area contributed by atoms with Crippen LogP contribution in [0.5, 0.6) is 0 Å². The maximum atomic E-state index is 4.63. The number of fused-ring (bicyclic) bond motifs is 2. The molecule has 0 amide bonds. The number of aromatic nitrogens is 12. The van der Waals surface area contributed by atoms with Gasteiger partial charge in [-0.15, -0.1) is 0 Å². The van der Waals surface area contributed by atoms with Crippen molar-refractivity contribution in [2.24, 2.45) is 11.8 Å². The van der Waals surface area contributed by atoms with E-state index in [9.17, 15) is 0 Å². The minimum Gasteiger partial charge on any atom is -0.365 e. The number of H-pyrrole nitrogens is 3. The van der Waals surface area contributed by atoms with Crippen LogP contribution in [0, 0.1) is 18.8 Å². The summed E-state index contributed by atoms with van der Waals surface area (Å²) in [6.07, 6.45) is 12.1. The molecule has 8 rings (SSSR count). The number of imidazole rings is 2. The molecule has 0 unspecified atom stereocenters. The van der Waals surface area contributed by atoms with Gasteiger partial charge in [0, 0.05) is 36.1 Å². The van der Waals surface area contributed by atoms with Crippen LogP contribution in [0.1, 0.15) is 65.1 Å². The fourth-order valence-electron chi connectivity index (χ4n) is 5.26. The molecule has 2 atom stereocenters. The third kappa shape index (κ3) is 6.69. The highest BCUT2D eigenvalue weighted by molar-refractivity contribution is 5.85. The van der Waals surface area contributed by atoms with E-state index in [0.717, 1.165) is 45.9 Å². The van der Waals surface area contributed by atoms with E-state index in [1.807, 2.05) is 23.9 Å². The fourth-order valence-corrected chi connectivity index (χ4v) is 5.26. The minimum atomic E-state index is 0.312. The molecule has 2 fully saturated rings. The van der Waals surface area contributed by atoms with Gasteiger partial charge in [-0.1, -0.05) is 0 Å². The molecule has 2 saturated carbocycles. The standard InChI is InChI=1S/C16H22N8.C14H18N8/c1-9(2)24-7-12(6-19-24)21-16-22-14-13(17-8-18-14)15(23-16)20-10(3)11-4-5-11;1-7-5-10(22-21-7)18-14-19-12-11(15-6-16-12)13(20-14)17-8(2)9-3-4-9/h6-11H,4-5H2,1-3H3,(H3,17,18,20,21,22,23);5-6,8-9H,3-4H2,1-2H3,(H4,15,16,17,18,19,20,21,22)/t10-;8-/m00/s1. The Morgan fingerprint density at radius 2 is 1.35 bits per heavy atom. The molecule has 2 aliphatic rings. The summed E-state index contributed by atoms with van der Waals surface area (Å²) in [6.45, 7) is 10.5. The van der Waals surface area contributed by atoms with Gasteiger partial charge >= 0.3 is 0 Å². The van der Waals surface area contributed by atoms with E-state index in [1.54, 1.807) is 18.9 Å². The first-order valence-corrected chi connectivity index (χ1v) is 15.8. The largest absolute Gasteiger partial charge is 0.365 e. The van der Waals surface area contributed by atoms with Gasteiger partial charge in [0.25, 0.3) is 0 Å². The quantitative estimate of drug-likeness (QED) is 0.0965. The van der Waals surface area contributed by atoms with Crippen LogP contribution >= 0.6 is 0 Å². The van der Waals surface area contributed by atoms with Gasteiger partial charge in [-0.05, 0) is 72.1 Å². The second-order valence-electron chi connectivity index (χ2n) is 12.5. The lowest BCUT2D eigenvalue weighted by Gasteiger charge is -2.14. The molecule has 240 valence electrons. The zero-order valence-electron chi connectivity index (χ0n) is 26.6. The van der Waals surface area contributed by atoms with Crippen molar-refractivity contribution < 1.29 is 0 Å². The summed E-state index contributed by atoms with van der Waals surface area (Å²) in [5, 5.41) is 24.7. The Kier molecular flexibility index (Phi) is 7.84. The van der Waals surface area contributed by atoms with Crippen molar-refractivity contribution in [3.05, 3.63) is 36.8 Å². The average Bonchev–Trinajstić information content (AvgIpc) is 3.84. The van der Waals surface area contributed by atoms with Crippen molar-refractivity contribution in [1.29, 1.82) is 0 Å². The van der Waals surface area contributed by atoms with Crippen LogP contribution in [0.3, 0.4) is 0 Å². The van der Waals surface area contributed by atoms with Crippen LogP contribution in [0.2, 0.25) is 0 Å². The summed E-state index contributed by atoms with van der Waals surface area (Å²) in [6, 6.07) is 3.00. The number of anilines is 6. The molecule has 16 nitrogen and oxygen atoms in total. The summed E-state index contributed by atoms with van der Waals surface area (Å²) >= 11 is 0. The van der Waals surface area contributed by atoms with Gasteiger partial charge in [0.2, 0.25) is 11.9 Å². The van der Waals surface area contributed by atoms with Crippen molar-refractivity contribution in [2.75, 3.05) is 21.3 Å². The summed E-state index contributed by atoms with van der Waals surface area (Å²) in [4.78, 5) is 32.8. The maximum Gasteiger partial charge on any atom is 0.232 e. The van der Waals surface area contributed by atoms with Crippen molar-refractivity contribution in [3.8, 4) is 0 Å². The zero-order chi connectivity index (χ0) is 31.8. The first-order valence-electron chi connectivity index (χ1n) is 15.8. The molecule has 0 radical (unpaired) electrons. The molecule has 0 aromatic carbocycles. The number of aryl methyl sites for hydroxylation is 1. The average molecular weight is 625 g/mol. The lowest BCUT2D eigenvalue weighted by atomic mass is 10.2. The Hall–Kier alpha value is -5.28. The van der Waals surface area contributed by atoms with Crippen molar-refractivity contribution in [1.82, 2.24) is 59.8 Å². The van der Waals surface area contributed by atoms with Crippen LogP contribution in [-0.4, -0.2) is 71.9 Å². The SMILES string of the molecule is CC(C)n1cc(Nc2nc(N[C@@H](C)C3CC3)c3[nH]cnc3n2)cn1.Cc1cc(Nc2nc(N[C@@H](C)C3CC3)c3[nH]cnc3n2)n[nH]1. The predicted molar refractivity (Wildman–Crippen MR) is 177 cm³/mol. The lowest BCUT2D eigenvalue weighted by molar-refractivity contribution is 0.532. The molecule has 46 heavy (non-hydrogen) atoms. The number of rotatable bonds is 11. The van der Waals surface area contributed by atoms with E-state index in [1.165, 1.54) is 25.7 Å². The van der Waals surface area contributed by atoms with Gasteiger partial charge in [0.1, 0.15) is 11.0 Å². The Balaban J connectivity index is 0.000000147. The van der Waals surface area contributed by atoms with E-state index >= 15 is 0 Å². The lowest BCUT2D eigenvalue weighted by Crippen LogP contribution is -2.19. The van der Waals surface area contributed by atoms with E-state index < -0.39 is 0 Å². The molecule has 0 aliphatic heterocycles. The number of nitrogens with zero attached hydrogens (tertiary/aromatic N) is 9. The summed E-state index contributed by atoms with van der Waals surface area (Å²) < 4.78 is 1.89. The van der Waals surface area contributed by atoms with E-state index in [2.05, 4.69) is 104 Å². The molecule has 0 bridgehead atoms. The van der Waals surface area contributed by atoms with Crippen molar-refractivity contribution in [2.45, 2.75) is 78.4 Å². The molecule has 7 N–H and O–H groups in total. The van der Waals surface area contributed by atoms with Crippen LogP contribution in [-0.2, 0) is 0 Å². The van der Waals surface area contributed by atoms with Crippen molar-refractivity contribution in [3.63, 3.8) is 0 Å². The Morgan fingerprint density at radius 3 is 1.83 bits per heavy atom. The van der Waals surface area contributed by atoms with Crippen LogP contribution in [0.15, 0.2) is 31.1 Å². The zero-order valence-corrected chi connectivity index (χ0v) is 26.6. The number of aromatic amines is 3. The molecule has 0 spiro atoms. The molecule has 6 aromatic heterocycles. The van der Waals surface area contributed by atoms with Crippen LogP contribution in [0.4, 0.5) is 35.0 Å². The highest BCUT2D eigenvalue weighted by Crippen LogP contribution is 2.35. The monoisotopic (exact) mass is 624 g/mol. The normalized spacial score (nSPS) is 15.9. The third-order valence-electron chi connectivity index (χ3n) is 8.29. The molecule has 6 aromatic rings. The fraction of sp³-hybridized carbons (Fsp3) is 0.467. The minimum absolute atomic E-state index is 0.312. The van der Waals surface area contributed by atoms with E-state index in [0.29, 0.717) is 47.1 Å². The first kappa shape index (κ1) is 29.4. The number of hydrogen-bond donors (Lipinski definition) is 7. The van der Waals surface area contributed by atoms with Crippen LogP contribution < -0.4 is 21.3 Å². The van der Waals surface area contributed by atoms with Gasteiger partial charge in [0.05, 0.1) is 24.5 Å². The second-order valence-corrected chi connectivity index (χ2v) is 12.5. The van der Waals surface area contributed by atoms with E-state index in [4.69, 9.17) is 0 Å². The molecule has 0 saturated heterocycles. The summed E-state index contributed by atoms with van der Waals surface area (Å²) in [7, 11) is 0. The summed E-state index contributed by atoms with van der Waals surface area (Å²) in [5.41, 5.74) is 4.79. The second kappa shape index (κ2) is 12.3. The van der Waals surface area contributed by atoms with Gasteiger partial charge in [0.15, 0.2) is 28.7 Å². The highest BCUT2D eigenvalue weighted by Gasteiger charge is 2.29. The Morgan fingerprint density at radius 1 is 0.783 bits per heavy atom. The molecular weight excluding hydrogens is 584 g/mol. The van der Waals surface area contributed by atoms with Gasteiger partial charge in [-0.25, -0.2) is 9.97 Å². The number of hydrogen-bond acceptors (Lipinski definition) is 12. The third-order valence-corrected chi connectivity index (χ3v) is 8.29. The molecule has 2 aliphatic carbocycles. The maximum absolute atomic E-state index is 4.63. The van der Waals surface area contributed by atoms with Crippen molar-refractivity contribution >= 4 is 57.4 Å². The number of nitrogens with one attached hydrogen (secondary N) is 7.